The van der Waals surface area contributed by atoms with E-state index in [0.29, 0.717) is 42.4 Å². The lowest BCUT2D eigenvalue weighted by Crippen LogP contribution is -2.42. The van der Waals surface area contributed by atoms with E-state index < -0.39 is 0 Å². The van der Waals surface area contributed by atoms with Gasteiger partial charge in [-0.25, -0.2) is 5.43 Å². The van der Waals surface area contributed by atoms with E-state index in [0.717, 1.165) is 18.6 Å². The van der Waals surface area contributed by atoms with Crippen LogP contribution in [-0.4, -0.2) is 35.5 Å². The third-order valence-corrected chi connectivity index (χ3v) is 8.31. The number of hydrazone groups is 1. The monoisotopic (exact) mass is 415 g/mol. The highest BCUT2D eigenvalue weighted by Crippen LogP contribution is 2.63. The van der Waals surface area contributed by atoms with Crippen molar-refractivity contribution >= 4 is 29.1 Å². The van der Waals surface area contributed by atoms with Crippen LogP contribution in [0, 0.1) is 22.7 Å². The van der Waals surface area contributed by atoms with Crippen LogP contribution in [0.3, 0.4) is 0 Å². The summed E-state index contributed by atoms with van der Waals surface area (Å²) in [6.45, 7) is 8.14. The highest BCUT2D eigenvalue weighted by molar-refractivity contribution is 6.30. The summed E-state index contributed by atoms with van der Waals surface area (Å²) in [5.41, 5.74) is 5.00. The third-order valence-electron chi connectivity index (χ3n) is 8.06. The van der Waals surface area contributed by atoms with Crippen molar-refractivity contribution in [2.24, 2.45) is 27.8 Å². The Labute approximate surface area is 177 Å². The molecule has 1 heterocycles. The minimum Gasteiger partial charge on any atom is -0.339 e. The average molecular weight is 416 g/mol. The van der Waals surface area contributed by atoms with E-state index in [4.69, 9.17) is 11.6 Å². The maximum absolute atomic E-state index is 12.7. The lowest BCUT2D eigenvalue weighted by Gasteiger charge is -2.34. The topological polar surface area (TPSA) is 61.8 Å². The van der Waals surface area contributed by atoms with Crippen LogP contribution in [-0.2, 0) is 4.79 Å². The molecule has 156 valence electrons. The van der Waals surface area contributed by atoms with Gasteiger partial charge in [0, 0.05) is 40.7 Å². The number of hydrogen-bond donors (Lipinski definition) is 1. The maximum Gasteiger partial charge on any atom is 0.253 e. The number of benzene rings is 1. The summed E-state index contributed by atoms with van der Waals surface area (Å²) in [5.74, 6) is 0.566. The molecule has 1 aromatic carbocycles. The van der Waals surface area contributed by atoms with Crippen molar-refractivity contribution in [1.82, 2.24) is 10.3 Å². The number of carbonyl (C=O) groups is 2. The van der Waals surface area contributed by atoms with Crippen molar-refractivity contribution in [1.29, 1.82) is 0 Å². The molecule has 0 aromatic heterocycles. The summed E-state index contributed by atoms with van der Waals surface area (Å²) < 4.78 is 0. The fourth-order valence-corrected chi connectivity index (χ4v) is 5.56. The molecule has 1 saturated heterocycles. The van der Waals surface area contributed by atoms with Gasteiger partial charge in [0.15, 0.2) is 0 Å². The van der Waals surface area contributed by atoms with Crippen LogP contribution in [0.15, 0.2) is 29.4 Å². The average Bonchev–Trinajstić information content (AvgIpc) is 3.05. The minimum absolute atomic E-state index is 0.00194. The van der Waals surface area contributed by atoms with Crippen molar-refractivity contribution < 1.29 is 9.59 Å². The third kappa shape index (κ3) is 3.48. The zero-order valence-corrected chi connectivity index (χ0v) is 18.3. The number of carbonyl (C=O) groups excluding carboxylic acids is 2. The molecule has 0 unspecified atom stereocenters. The summed E-state index contributed by atoms with van der Waals surface area (Å²) in [7, 11) is 0. The molecule has 29 heavy (non-hydrogen) atoms. The van der Waals surface area contributed by atoms with E-state index >= 15 is 0 Å². The van der Waals surface area contributed by atoms with Crippen molar-refractivity contribution in [3.05, 3.63) is 34.9 Å². The molecule has 2 bridgehead atoms. The van der Waals surface area contributed by atoms with Crippen molar-refractivity contribution in [3.8, 4) is 0 Å². The Morgan fingerprint density at radius 3 is 2.31 bits per heavy atom. The molecule has 4 rings (SSSR count). The van der Waals surface area contributed by atoms with Gasteiger partial charge in [0.25, 0.3) is 5.91 Å². The second-order valence-electron chi connectivity index (χ2n) is 9.60. The predicted molar refractivity (Wildman–Crippen MR) is 115 cm³/mol. The number of nitrogens with zero attached hydrogens (tertiary/aromatic N) is 2. The molecule has 3 aliphatic rings. The highest BCUT2D eigenvalue weighted by atomic mass is 35.5. The van der Waals surface area contributed by atoms with Gasteiger partial charge >= 0.3 is 0 Å². The number of amides is 2. The lowest BCUT2D eigenvalue weighted by atomic mass is 9.70. The van der Waals surface area contributed by atoms with Gasteiger partial charge in [-0.15, -0.1) is 0 Å². The minimum atomic E-state index is -0.0898. The quantitative estimate of drug-likeness (QED) is 0.738. The predicted octanol–water partition coefficient (Wildman–Crippen LogP) is 4.51. The molecule has 2 amide bonds. The number of piperidine rings is 1. The lowest BCUT2D eigenvalue weighted by molar-refractivity contribution is -0.126. The van der Waals surface area contributed by atoms with E-state index in [1.54, 1.807) is 24.3 Å². The zero-order valence-electron chi connectivity index (χ0n) is 17.5. The number of likely N-dealkylation sites (tertiary alicyclic amines) is 1. The van der Waals surface area contributed by atoms with Crippen LogP contribution < -0.4 is 5.43 Å². The van der Waals surface area contributed by atoms with Gasteiger partial charge in [0.2, 0.25) is 5.91 Å². The largest absolute Gasteiger partial charge is 0.339 e. The Kier molecular flexibility index (Phi) is 5.22. The van der Waals surface area contributed by atoms with E-state index in [1.165, 1.54) is 6.42 Å². The van der Waals surface area contributed by atoms with Gasteiger partial charge in [-0.1, -0.05) is 32.4 Å². The summed E-state index contributed by atoms with van der Waals surface area (Å²) in [5, 5.41) is 5.20. The first-order valence-corrected chi connectivity index (χ1v) is 11.0. The second-order valence-corrected chi connectivity index (χ2v) is 10.0. The molecule has 1 aromatic rings. The van der Waals surface area contributed by atoms with E-state index in [2.05, 4.69) is 31.3 Å². The van der Waals surface area contributed by atoms with E-state index in [-0.39, 0.29) is 28.6 Å². The Hall–Kier alpha value is -1.88. The normalized spacial score (nSPS) is 30.0. The van der Waals surface area contributed by atoms with Crippen LogP contribution in [0.2, 0.25) is 5.02 Å². The molecule has 0 radical (unpaired) electrons. The van der Waals surface area contributed by atoms with Gasteiger partial charge in [-0.2, -0.15) is 5.10 Å². The smallest absolute Gasteiger partial charge is 0.253 e. The number of hydrogen-bond acceptors (Lipinski definition) is 3. The van der Waals surface area contributed by atoms with Crippen molar-refractivity contribution in [2.75, 3.05) is 13.1 Å². The van der Waals surface area contributed by atoms with Gasteiger partial charge in [0.1, 0.15) is 0 Å². The van der Waals surface area contributed by atoms with Crippen LogP contribution in [0.4, 0.5) is 0 Å². The Morgan fingerprint density at radius 1 is 1.10 bits per heavy atom. The van der Waals surface area contributed by atoms with Crippen molar-refractivity contribution in [2.45, 2.75) is 52.9 Å². The number of nitrogens with one attached hydrogen (secondary N) is 1. The van der Waals surface area contributed by atoms with Crippen LogP contribution in [0.5, 0.6) is 0 Å². The molecular formula is C23H30ClN3O2. The van der Waals surface area contributed by atoms with Gasteiger partial charge in [-0.3, -0.25) is 9.59 Å². The van der Waals surface area contributed by atoms with Crippen LogP contribution >= 0.6 is 11.6 Å². The Balaban J connectivity index is 1.32. The first kappa shape index (κ1) is 20.4. The van der Waals surface area contributed by atoms with Gasteiger partial charge in [0.05, 0.1) is 0 Å². The van der Waals surface area contributed by atoms with Crippen LogP contribution in [0.1, 0.15) is 63.2 Å². The first-order chi connectivity index (χ1) is 13.7. The Bertz CT molecular complexity index is 840. The van der Waals surface area contributed by atoms with Crippen molar-refractivity contribution in [3.63, 3.8) is 0 Å². The molecule has 2 aliphatic carbocycles. The number of rotatable bonds is 3. The molecule has 3 fully saturated rings. The van der Waals surface area contributed by atoms with Gasteiger partial charge < -0.3 is 4.90 Å². The zero-order chi connectivity index (χ0) is 20.8. The molecule has 5 nitrogen and oxygen atoms in total. The summed E-state index contributed by atoms with van der Waals surface area (Å²) in [6, 6.07) is 6.95. The molecule has 6 heteroatoms. The summed E-state index contributed by atoms with van der Waals surface area (Å²) in [4.78, 5) is 27.1. The first-order valence-electron chi connectivity index (χ1n) is 10.6. The fraction of sp³-hybridized carbons (Fsp3) is 0.609. The Morgan fingerprint density at radius 2 is 1.76 bits per heavy atom. The summed E-state index contributed by atoms with van der Waals surface area (Å²) in [6.07, 6.45) is 4.75. The van der Waals surface area contributed by atoms with E-state index in [1.807, 2.05) is 4.90 Å². The SMILES string of the molecule is CC1(C)[C@@H]2CC[C@]1(C)/C(=N/NC(=O)C1CCN(C(=O)c3ccc(Cl)cc3)CC1)C2. The van der Waals surface area contributed by atoms with Crippen LogP contribution in [0.25, 0.3) is 0 Å². The number of halogens is 1. The molecular weight excluding hydrogens is 386 g/mol. The fourth-order valence-electron chi connectivity index (χ4n) is 5.43. The number of fused-ring (bicyclic) bond motifs is 2. The molecule has 1 N–H and O–H groups in total. The summed E-state index contributed by atoms with van der Waals surface area (Å²) >= 11 is 5.90. The van der Waals surface area contributed by atoms with E-state index in [9.17, 15) is 9.59 Å². The standard InChI is InChI=1S/C23H30ClN3O2/c1-22(2)17-8-11-23(22,3)19(14-17)25-26-20(28)15-9-12-27(13-10-15)21(29)16-4-6-18(24)7-5-16/h4-7,15,17H,8-14H2,1-3H3,(H,26,28)/b25-19+/t17-,23-/m1/s1. The molecule has 0 spiro atoms. The maximum atomic E-state index is 12.7. The molecule has 1 aliphatic heterocycles. The highest BCUT2D eigenvalue weighted by Gasteiger charge is 2.60. The molecule has 2 saturated carbocycles. The van der Waals surface area contributed by atoms with Gasteiger partial charge in [-0.05, 0) is 67.7 Å². The molecule has 2 atom stereocenters. The second kappa shape index (κ2) is 7.42.